The molecule has 0 saturated heterocycles. The molecule has 1 aliphatic carbocycles. The summed E-state index contributed by atoms with van der Waals surface area (Å²) in [7, 11) is 0. The second-order valence-electron chi connectivity index (χ2n) is 3.55. The third-order valence-electron chi connectivity index (χ3n) is 2.31. The Morgan fingerprint density at radius 1 is 0.538 bits per heavy atom. The molecule has 0 aromatic heterocycles. The molecule has 0 aromatic carbocycles. The van der Waals surface area contributed by atoms with Crippen molar-refractivity contribution < 1.29 is 0 Å². The largest absolute Gasteiger partial charge is 0.0882 e. The maximum absolute atomic E-state index is 2.31. The van der Waals surface area contributed by atoms with Gasteiger partial charge in [0.25, 0.3) is 0 Å². The zero-order valence-electron chi connectivity index (χ0n) is 8.41. The van der Waals surface area contributed by atoms with E-state index >= 15 is 0 Å². The summed E-state index contributed by atoms with van der Waals surface area (Å²) in [5, 5.41) is 0. The van der Waals surface area contributed by atoms with Crippen LogP contribution in [0.1, 0.15) is 44.9 Å². The highest BCUT2D eigenvalue weighted by Crippen LogP contribution is 2.07. The summed E-state index contributed by atoms with van der Waals surface area (Å²) >= 11 is 0. The summed E-state index contributed by atoms with van der Waals surface area (Å²) in [6.45, 7) is 0. The van der Waals surface area contributed by atoms with E-state index in [9.17, 15) is 0 Å². The van der Waals surface area contributed by atoms with Crippen LogP contribution in [0.5, 0.6) is 0 Å². The van der Waals surface area contributed by atoms with Gasteiger partial charge in [0.1, 0.15) is 0 Å². The monoisotopic (exact) mass is 176 g/mol. The van der Waals surface area contributed by atoms with Gasteiger partial charge in [0.05, 0.1) is 0 Å². The summed E-state index contributed by atoms with van der Waals surface area (Å²) in [4.78, 5) is 0. The molecule has 0 aliphatic heterocycles. The zero-order chi connectivity index (χ0) is 9.19. The highest BCUT2D eigenvalue weighted by Gasteiger charge is 1.87. The van der Waals surface area contributed by atoms with Crippen molar-refractivity contribution in [2.24, 2.45) is 0 Å². The molecule has 0 saturated carbocycles. The molecule has 1 rings (SSSR count). The van der Waals surface area contributed by atoms with Gasteiger partial charge in [-0.05, 0) is 32.1 Å². The predicted molar refractivity (Wildman–Crippen MR) is 59.7 cm³/mol. The number of rotatable bonds is 0. The molecular weight excluding hydrogens is 156 g/mol. The predicted octanol–water partition coefficient (Wildman–Crippen LogP) is 4.40. The van der Waals surface area contributed by atoms with Gasteiger partial charge in [0, 0.05) is 0 Å². The maximum Gasteiger partial charge on any atom is -0.0166 e. The summed E-state index contributed by atoms with van der Waals surface area (Å²) in [6, 6.07) is 0. The Labute approximate surface area is 82.0 Å². The molecule has 0 N–H and O–H groups in total. The van der Waals surface area contributed by atoms with E-state index in [1.807, 2.05) is 0 Å². The van der Waals surface area contributed by atoms with Crippen LogP contribution in [-0.4, -0.2) is 0 Å². The second kappa shape index (κ2) is 7.85. The summed E-state index contributed by atoms with van der Waals surface area (Å²) in [5.41, 5.74) is 0. The Morgan fingerprint density at radius 3 is 2.08 bits per heavy atom. The van der Waals surface area contributed by atoms with E-state index in [1.165, 1.54) is 38.5 Å². The molecule has 0 unspecified atom stereocenters. The first-order valence-electron chi connectivity index (χ1n) is 5.47. The van der Waals surface area contributed by atoms with Crippen molar-refractivity contribution in [3.63, 3.8) is 0 Å². The highest BCUT2D eigenvalue weighted by molar-refractivity contribution is 5.04. The third kappa shape index (κ3) is 6.39. The normalized spacial score (nSPS) is 27.7. The van der Waals surface area contributed by atoms with E-state index in [0.29, 0.717) is 0 Å². The Bertz CT molecular complexity index is 184. The first kappa shape index (κ1) is 10.3. The van der Waals surface area contributed by atoms with Crippen molar-refractivity contribution in [1.82, 2.24) is 0 Å². The van der Waals surface area contributed by atoms with Crippen molar-refractivity contribution in [2.45, 2.75) is 44.9 Å². The molecule has 0 radical (unpaired) electrons. The first-order chi connectivity index (χ1) is 6.50. The molecule has 0 spiro atoms. The fourth-order valence-corrected chi connectivity index (χ4v) is 1.50. The van der Waals surface area contributed by atoms with Crippen LogP contribution in [0.2, 0.25) is 0 Å². The SMILES string of the molecule is C1=C\C/C=C\CCCCCC\C=C/1. The van der Waals surface area contributed by atoms with Gasteiger partial charge < -0.3 is 0 Å². The van der Waals surface area contributed by atoms with Crippen LogP contribution in [0.3, 0.4) is 0 Å². The van der Waals surface area contributed by atoms with Gasteiger partial charge in [-0.2, -0.15) is 0 Å². The van der Waals surface area contributed by atoms with Gasteiger partial charge in [-0.25, -0.2) is 0 Å². The Balaban J connectivity index is 2.29. The van der Waals surface area contributed by atoms with E-state index in [4.69, 9.17) is 0 Å². The van der Waals surface area contributed by atoms with E-state index in [2.05, 4.69) is 36.5 Å². The molecule has 0 amide bonds. The van der Waals surface area contributed by atoms with Gasteiger partial charge >= 0.3 is 0 Å². The van der Waals surface area contributed by atoms with E-state index in [0.717, 1.165) is 6.42 Å². The lowest BCUT2D eigenvalue weighted by molar-refractivity contribution is 0.652. The van der Waals surface area contributed by atoms with E-state index in [-0.39, 0.29) is 0 Å². The molecule has 13 heavy (non-hydrogen) atoms. The van der Waals surface area contributed by atoms with Crippen molar-refractivity contribution in [3.05, 3.63) is 36.5 Å². The standard InChI is InChI=1S/C13H20/c1-2-4-6-8-10-12-13-11-9-7-5-3-1/h1-4,7,9H,5-6,8,10-13H2/b3-1-,4-2-,9-7-. The van der Waals surface area contributed by atoms with Crippen LogP contribution in [0.25, 0.3) is 0 Å². The molecule has 0 heterocycles. The third-order valence-corrected chi connectivity index (χ3v) is 2.31. The average molecular weight is 176 g/mol. The molecule has 0 aromatic rings. The van der Waals surface area contributed by atoms with Crippen LogP contribution in [0.4, 0.5) is 0 Å². The summed E-state index contributed by atoms with van der Waals surface area (Å²) in [6.07, 6.45) is 22.5. The molecule has 72 valence electrons. The van der Waals surface area contributed by atoms with Crippen molar-refractivity contribution in [3.8, 4) is 0 Å². The Kier molecular flexibility index (Phi) is 6.22. The fraction of sp³-hybridized carbons (Fsp3) is 0.538. The minimum Gasteiger partial charge on any atom is -0.0882 e. The van der Waals surface area contributed by atoms with Gasteiger partial charge in [-0.3, -0.25) is 0 Å². The first-order valence-corrected chi connectivity index (χ1v) is 5.47. The number of hydrogen-bond donors (Lipinski definition) is 0. The van der Waals surface area contributed by atoms with E-state index in [1.54, 1.807) is 0 Å². The minimum absolute atomic E-state index is 1.09. The van der Waals surface area contributed by atoms with Crippen LogP contribution in [0, 0.1) is 0 Å². The van der Waals surface area contributed by atoms with Crippen LogP contribution in [-0.2, 0) is 0 Å². The van der Waals surface area contributed by atoms with Gasteiger partial charge in [-0.1, -0.05) is 49.3 Å². The van der Waals surface area contributed by atoms with Crippen LogP contribution in [0.15, 0.2) is 36.5 Å². The molecular formula is C13H20. The molecule has 0 atom stereocenters. The lowest BCUT2D eigenvalue weighted by atomic mass is 10.1. The van der Waals surface area contributed by atoms with Crippen LogP contribution < -0.4 is 0 Å². The summed E-state index contributed by atoms with van der Waals surface area (Å²) < 4.78 is 0. The smallest absolute Gasteiger partial charge is 0.0166 e. The van der Waals surface area contributed by atoms with Crippen molar-refractivity contribution >= 4 is 0 Å². The lowest BCUT2D eigenvalue weighted by Gasteiger charge is -1.95. The van der Waals surface area contributed by atoms with Gasteiger partial charge in [0.15, 0.2) is 0 Å². The summed E-state index contributed by atoms with van der Waals surface area (Å²) in [5.74, 6) is 0. The van der Waals surface area contributed by atoms with Gasteiger partial charge in [-0.15, -0.1) is 0 Å². The Morgan fingerprint density at radius 2 is 1.23 bits per heavy atom. The average Bonchev–Trinajstić information content (AvgIpc) is 2.18. The lowest BCUT2D eigenvalue weighted by Crippen LogP contribution is -1.76. The quantitative estimate of drug-likeness (QED) is 0.480. The molecule has 0 heteroatoms. The minimum atomic E-state index is 1.09. The zero-order valence-corrected chi connectivity index (χ0v) is 8.41. The topological polar surface area (TPSA) is 0 Å². The molecule has 1 aliphatic rings. The molecule has 0 nitrogen and oxygen atoms in total. The van der Waals surface area contributed by atoms with Crippen LogP contribution >= 0.6 is 0 Å². The van der Waals surface area contributed by atoms with Crippen molar-refractivity contribution in [2.75, 3.05) is 0 Å². The van der Waals surface area contributed by atoms with E-state index < -0.39 is 0 Å². The fourth-order valence-electron chi connectivity index (χ4n) is 1.50. The second-order valence-corrected chi connectivity index (χ2v) is 3.55. The van der Waals surface area contributed by atoms with Gasteiger partial charge in [0.2, 0.25) is 0 Å². The Hall–Kier alpha value is -0.780. The highest BCUT2D eigenvalue weighted by atomic mass is 13.9. The molecule has 0 fully saturated rings. The molecule has 0 bridgehead atoms. The number of hydrogen-bond acceptors (Lipinski definition) is 0. The van der Waals surface area contributed by atoms with Crippen molar-refractivity contribution in [1.29, 1.82) is 0 Å². The number of allylic oxidation sites excluding steroid dienone is 6. The maximum atomic E-state index is 2.31.